The molecule has 0 radical (unpaired) electrons. The molecule has 1 atom stereocenters. The van der Waals surface area contributed by atoms with E-state index in [-0.39, 0.29) is 22.9 Å². The smallest absolute Gasteiger partial charge is 0.339 e. The van der Waals surface area contributed by atoms with Crippen molar-refractivity contribution in [2.75, 3.05) is 19.6 Å². The normalized spacial score (nSPS) is 19.2. The number of piperazine rings is 1. The summed E-state index contributed by atoms with van der Waals surface area (Å²) in [4.78, 5) is 46.4. The highest BCUT2D eigenvalue weighted by Crippen LogP contribution is 2.20. The summed E-state index contributed by atoms with van der Waals surface area (Å²) >= 11 is 0. The molecule has 0 bridgehead atoms. The molecule has 1 aromatic heterocycles. The van der Waals surface area contributed by atoms with E-state index in [1.165, 1.54) is 4.90 Å². The molecule has 0 spiro atoms. The first-order valence-electron chi connectivity index (χ1n) is 7.86. The van der Waals surface area contributed by atoms with Gasteiger partial charge < -0.3 is 14.8 Å². The summed E-state index contributed by atoms with van der Waals surface area (Å²) in [7, 11) is 0. The minimum absolute atomic E-state index is 0.0759. The molecule has 0 aliphatic carbocycles. The molecule has 2 heterocycles. The van der Waals surface area contributed by atoms with Crippen LogP contribution >= 0.6 is 0 Å². The molecule has 1 fully saturated rings. The van der Waals surface area contributed by atoms with Gasteiger partial charge in [0.25, 0.3) is 5.91 Å². The highest BCUT2D eigenvalue weighted by molar-refractivity contribution is 5.96. The Morgan fingerprint density at radius 2 is 2.00 bits per heavy atom. The van der Waals surface area contributed by atoms with Gasteiger partial charge in [0.05, 0.1) is 0 Å². The van der Waals surface area contributed by atoms with Crippen molar-refractivity contribution in [3.05, 3.63) is 27.9 Å². The molecule has 126 valence electrons. The predicted molar refractivity (Wildman–Crippen MR) is 86.3 cm³/mol. The first-order chi connectivity index (χ1) is 10.6. The first-order valence-corrected chi connectivity index (χ1v) is 7.86. The van der Waals surface area contributed by atoms with Crippen LogP contribution in [0.3, 0.4) is 0 Å². The Morgan fingerprint density at radius 3 is 2.57 bits per heavy atom. The number of hydrogen-bond acceptors (Lipinski definition) is 4. The van der Waals surface area contributed by atoms with E-state index in [0.717, 1.165) is 0 Å². The number of likely N-dealkylation sites (N-methyl/N-ethyl adjacent to an activating group) is 1. The minimum Gasteiger partial charge on any atom is -0.339 e. The van der Waals surface area contributed by atoms with Crippen molar-refractivity contribution in [1.29, 1.82) is 0 Å². The van der Waals surface area contributed by atoms with Crippen LogP contribution in [0.5, 0.6) is 0 Å². The maximum Gasteiger partial charge on any atom is 0.345 e. The molecule has 1 aromatic rings. The quantitative estimate of drug-likeness (QED) is 0.871. The molecule has 0 saturated carbocycles. The van der Waals surface area contributed by atoms with Gasteiger partial charge in [-0.2, -0.15) is 4.98 Å². The van der Waals surface area contributed by atoms with Gasteiger partial charge in [-0.05, 0) is 19.9 Å². The molecule has 7 heteroatoms. The second-order valence-electron chi connectivity index (χ2n) is 6.83. The summed E-state index contributed by atoms with van der Waals surface area (Å²) in [5.74, 6) is -0.453. The van der Waals surface area contributed by atoms with Crippen molar-refractivity contribution < 1.29 is 9.59 Å². The van der Waals surface area contributed by atoms with E-state index in [4.69, 9.17) is 0 Å². The van der Waals surface area contributed by atoms with Gasteiger partial charge in [0, 0.05) is 30.7 Å². The summed E-state index contributed by atoms with van der Waals surface area (Å²) in [5, 5.41) is 0. The van der Waals surface area contributed by atoms with Crippen LogP contribution in [0.15, 0.2) is 10.9 Å². The summed E-state index contributed by atoms with van der Waals surface area (Å²) in [6.45, 7) is 11.0. The number of nitrogens with one attached hydrogen (secondary N) is 1. The first kappa shape index (κ1) is 17.2. The summed E-state index contributed by atoms with van der Waals surface area (Å²) in [6.07, 6.45) is 0. The number of carbonyl (C=O) groups excluding carboxylic acids is 2. The number of aromatic amines is 1. The molecular weight excluding hydrogens is 296 g/mol. The fraction of sp³-hybridized carbons (Fsp3) is 0.625. The molecule has 1 saturated heterocycles. The molecule has 1 aliphatic rings. The van der Waals surface area contributed by atoms with E-state index < -0.39 is 11.7 Å². The van der Waals surface area contributed by atoms with E-state index in [9.17, 15) is 14.4 Å². The third kappa shape index (κ3) is 3.43. The molecule has 2 amide bonds. The molecule has 23 heavy (non-hydrogen) atoms. The third-order valence-electron chi connectivity index (χ3n) is 4.16. The lowest BCUT2D eigenvalue weighted by molar-refractivity contribution is -0.139. The molecule has 1 N–H and O–H groups in total. The monoisotopic (exact) mass is 320 g/mol. The van der Waals surface area contributed by atoms with Crippen LogP contribution < -0.4 is 5.69 Å². The van der Waals surface area contributed by atoms with Gasteiger partial charge in [0.1, 0.15) is 11.7 Å². The molecule has 7 nitrogen and oxygen atoms in total. The zero-order valence-corrected chi connectivity index (χ0v) is 14.3. The maximum atomic E-state index is 12.7. The van der Waals surface area contributed by atoms with Crippen molar-refractivity contribution in [3.63, 3.8) is 0 Å². The van der Waals surface area contributed by atoms with Crippen molar-refractivity contribution in [2.24, 2.45) is 0 Å². The van der Waals surface area contributed by atoms with Crippen molar-refractivity contribution in [1.82, 2.24) is 19.8 Å². The molecule has 1 aliphatic heterocycles. The lowest BCUT2D eigenvalue weighted by Crippen LogP contribution is -2.57. The van der Waals surface area contributed by atoms with E-state index >= 15 is 0 Å². The van der Waals surface area contributed by atoms with E-state index in [1.807, 2.05) is 27.7 Å². The Kier molecular flexibility index (Phi) is 4.58. The second kappa shape index (κ2) is 6.14. The predicted octanol–water partition coefficient (Wildman–Crippen LogP) is 0.760. The van der Waals surface area contributed by atoms with E-state index in [1.54, 1.807) is 17.9 Å². The van der Waals surface area contributed by atoms with Gasteiger partial charge in [-0.1, -0.05) is 20.8 Å². The van der Waals surface area contributed by atoms with Crippen LogP contribution in [0.4, 0.5) is 0 Å². The SMILES string of the molecule is CCN1CCN(C(=O)c2cc(C(C)(C)C)[nH]c(=O)n2)C(C)C1=O. The number of carbonyl (C=O) groups is 2. The van der Waals surface area contributed by atoms with Gasteiger partial charge in [-0.3, -0.25) is 9.59 Å². The fourth-order valence-electron chi connectivity index (χ4n) is 2.64. The van der Waals surface area contributed by atoms with Crippen LogP contribution in [0.1, 0.15) is 50.8 Å². The second-order valence-corrected chi connectivity index (χ2v) is 6.83. The largest absolute Gasteiger partial charge is 0.345 e. The lowest BCUT2D eigenvalue weighted by atomic mass is 9.91. The summed E-state index contributed by atoms with van der Waals surface area (Å²) in [5.41, 5.74) is -0.123. The van der Waals surface area contributed by atoms with Crippen molar-refractivity contribution >= 4 is 11.8 Å². The number of nitrogens with zero attached hydrogens (tertiary/aromatic N) is 3. The van der Waals surface area contributed by atoms with E-state index in [2.05, 4.69) is 9.97 Å². The summed E-state index contributed by atoms with van der Waals surface area (Å²) in [6, 6.07) is 1.06. The Bertz CT molecular complexity index is 675. The average molecular weight is 320 g/mol. The number of aromatic nitrogens is 2. The molecule has 0 aromatic carbocycles. The van der Waals surface area contributed by atoms with E-state index in [0.29, 0.717) is 25.3 Å². The van der Waals surface area contributed by atoms with Crippen LogP contribution in [0.25, 0.3) is 0 Å². The Hall–Kier alpha value is -2.18. The number of amides is 2. The van der Waals surface area contributed by atoms with Crippen LogP contribution in [0.2, 0.25) is 0 Å². The zero-order chi connectivity index (χ0) is 17.4. The van der Waals surface area contributed by atoms with Crippen LogP contribution in [0, 0.1) is 0 Å². The van der Waals surface area contributed by atoms with Gasteiger partial charge in [0.2, 0.25) is 5.91 Å². The maximum absolute atomic E-state index is 12.7. The topological polar surface area (TPSA) is 86.4 Å². The minimum atomic E-state index is -0.549. The van der Waals surface area contributed by atoms with Crippen molar-refractivity contribution in [2.45, 2.75) is 46.1 Å². The van der Waals surface area contributed by atoms with Gasteiger partial charge in [-0.25, -0.2) is 4.79 Å². The number of rotatable bonds is 2. The fourth-order valence-corrected chi connectivity index (χ4v) is 2.64. The molecule has 1 unspecified atom stereocenters. The highest BCUT2D eigenvalue weighted by atomic mass is 16.2. The van der Waals surface area contributed by atoms with Crippen molar-refractivity contribution in [3.8, 4) is 0 Å². The average Bonchev–Trinajstić information content (AvgIpc) is 2.48. The molecular formula is C16H24N4O3. The Balaban J connectivity index is 2.33. The Morgan fingerprint density at radius 1 is 1.35 bits per heavy atom. The van der Waals surface area contributed by atoms with Crippen LogP contribution in [-0.2, 0) is 10.2 Å². The standard InChI is InChI=1S/C16H24N4O3/c1-6-19-7-8-20(10(2)13(19)21)14(22)11-9-12(16(3,4)5)18-15(23)17-11/h9-10H,6-8H2,1-5H3,(H,17,18,23). The number of H-pyrrole nitrogens is 1. The molecule has 2 rings (SSSR count). The summed E-state index contributed by atoms with van der Waals surface area (Å²) < 4.78 is 0. The van der Waals surface area contributed by atoms with Crippen LogP contribution in [-0.4, -0.2) is 57.3 Å². The highest BCUT2D eigenvalue weighted by Gasteiger charge is 2.34. The Labute approximate surface area is 135 Å². The van der Waals surface area contributed by atoms with Gasteiger partial charge in [0.15, 0.2) is 0 Å². The third-order valence-corrected chi connectivity index (χ3v) is 4.16. The zero-order valence-electron chi connectivity index (χ0n) is 14.3. The van der Waals surface area contributed by atoms with Gasteiger partial charge in [-0.15, -0.1) is 0 Å². The van der Waals surface area contributed by atoms with Gasteiger partial charge >= 0.3 is 5.69 Å². The lowest BCUT2D eigenvalue weighted by Gasteiger charge is -2.38. The number of hydrogen-bond donors (Lipinski definition) is 1.